The number of ether oxygens (including phenoxy) is 1. The summed E-state index contributed by atoms with van der Waals surface area (Å²) in [6.07, 6.45) is 4.36. The van der Waals surface area contributed by atoms with Crippen LogP contribution in [0.5, 0.6) is 0 Å². The summed E-state index contributed by atoms with van der Waals surface area (Å²) in [5.41, 5.74) is 3.54. The van der Waals surface area contributed by atoms with Crippen molar-refractivity contribution in [2.24, 2.45) is 5.84 Å². The van der Waals surface area contributed by atoms with Crippen LogP contribution >= 0.6 is 0 Å². The van der Waals surface area contributed by atoms with Gasteiger partial charge in [-0.1, -0.05) is 31.0 Å². The quantitative estimate of drug-likeness (QED) is 0.655. The smallest absolute Gasteiger partial charge is 0.134 e. The van der Waals surface area contributed by atoms with Crippen molar-refractivity contribution in [3.63, 3.8) is 0 Å². The highest BCUT2D eigenvalue weighted by Gasteiger charge is 2.43. The Morgan fingerprint density at radius 2 is 2.05 bits per heavy atom. The van der Waals surface area contributed by atoms with Gasteiger partial charge in [0.15, 0.2) is 0 Å². The van der Waals surface area contributed by atoms with E-state index in [1.54, 1.807) is 7.11 Å². The lowest BCUT2D eigenvalue weighted by atomic mass is 9.90. The van der Waals surface area contributed by atoms with Gasteiger partial charge in [-0.25, -0.2) is 5.43 Å². The number of furan rings is 1. The van der Waals surface area contributed by atoms with Gasteiger partial charge in [-0.15, -0.1) is 0 Å². The Morgan fingerprint density at radius 3 is 2.68 bits per heavy atom. The molecule has 1 aliphatic rings. The van der Waals surface area contributed by atoms with E-state index in [1.165, 1.54) is 12.8 Å². The molecule has 0 aliphatic heterocycles. The summed E-state index contributed by atoms with van der Waals surface area (Å²) < 4.78 is 11.7. The number of nitrogens with one attached hydrogen (secondary N) is 1. The van der Waals surface area contributed by atoms with Crippen LogP contribution in [0.1, 0.15) is 37.5 Å². The Hall–Kier alpha value is -1.36. The molecule has 1 saturated carbocycles. The van der Waals surface area contributed by atoms with Gasteiger partial charge in [0.25, 0.3) is 0 Å². The number of nitrogens with two attached hydrogens (primary N) is 1. The molecule has 1 fully saturated rings. The summed E-state index contributed by atoms with van der Waals surface area (Å²) in [4.78, 5) is 0. The van der Waals surface area contributed by atoms with Gasteiger partial charge in [-0.3, -0.25) is 5.84 Å². The van der Waals surface area contributed by atoms with Gasteiger partial charge in [0.2, 0.25) is 0 Å². The first kappa shape index (κ1) is 12.7. The Labute approximate surface area is 112 Å². The molecule has 1 heterocycles. The highest BCUT2D eigenvalue weighted by Crippen LogP contribution is 2.43. The zero-order chi connectivity index (χ0) is 13.3. The fourth-order valence-corrected chi connectivity index (χ4v) is 3.22. The zero-order valence-corrected chi connectivity index (χ0v) is 11.2. The molecular formula is C15H20N2O2. The normalized spacial score (nSPS) is 19.9. The van der Waals surface area contributed by atoms with E-state index in [0.29, 0.717) is 0 Å². The molecule has 2 aromatic rings. The van der Waals surface area contributed by atoms with Gasteiger partial charge < -0.3 is 9.15 Å². The third-order valence-corrected chi connectivity index (χ3v) is 4.28. The van der Waals surface area contributed by atoms with E-state index in [1.807, 2.05) is 24.3 Å². The summed E-state index contributed by atoms with van der Waals surface area (Å²) in [6, 6.07) is 9.95. The Bertz CT molecular complexity index is 525. The van der Waals surface area contributed by atoms with Crippen molar-refractivity contribution in [1.29, 1.82) is 0 Å². The summed E-state index contributed by atoms with van der Waals surface area (Å²) >= 11 is 0. The second-order valence-electron chi connectivity index (χ2n) is 5.26. The predicted molar refractivity (Wildman–Crippen MR) is 74.5 cm³/mol. The molecule has 0 spiro atoms. The number of fused-ring (bicyclic) bond motifs is 1. The maximum atomic E-state index is 5.94. The molecular weight excluding hydrogens is 240 g/mol. The van der Waals surface area contributed by atoms with Gasteiger partial charge >= 0.3 is 0 Å². The lowest BCUT2D eigenvalue weighted by molar-refractivity contribution is -0.0418. The van der Waals surface area contributed by atoms with Crippen LogP contribution < -0.4 is 11.3 Å². The lowest BCUT2D eigenvalue weighted by Gasteiger charge is -2.34. The molecule has 19 heavy (non-hydrogen) atoms. The standard InChI is InChI=1S/C15H20N2O2/c1-18-15(8-4-5-9-15)14(17-16)13-10-11-6-2-3-7-12(11)19-13/h2-3,6-7,10,14,17H,4-5,8-9,16H2,1H3. The molecule has 1 aromatic heterocycles. The number of methoxy groups -OCH3 is 1. The first-order chi connectivity index (χ1) is 9.29. The van der Waals surface area contributed by atoms with Crippen molar-refractivity contribution in [2.75, 3.05) is 7.11 Å². The van der Waals surface area contributed by atoms with Gasteiger partial charge in [0, 0.05) is 12.5 Å². The van der Waals surface area contributed by atoms with E-state index in [4.69, 9.17) is 15.0 Å². The van der Waals surface area contributed by atoms with E-state index >= 15 is 0 Å². The van der Waals surface area contributed by atoms with Crippen LogP contribution in [0.15, 0.2) is 34.7 Å². The van der Waals surface area contributed by atoms with Crippen molar-refractivity contribution in [2.45, 2.75) is 37.3 Å². The summed E-state index contributed by atoms with van der Waals surface area (Å²) in [7, 11) is 1.76. The van der Waals surface area contributed by atoms with Crippen molar-refractivity contribution in [3.8, 4) is 0 Å². The minimum Gasteiger partial charge on any atom is -0.459 e. The van der Waals surface area contributed by atoms with Crippen LogP contribution in [-0.2, 0) is 4.74 Å². The molecule has 4 heteroatoms. The van der Waals surface area contributed by atoms with Crippen LogP contribution in [-0.4, -0.2) is 12.7 Å². The van der Waals surface area contributed by atoms with E-state index in [-0.39, 0.29) is 11.6 Å². The fourth-order valence-electron chi connectivity index (χ4n) is 3.22. The molecule has 1 aliphatic carbocycles. The monoisotopic (exact) mass is 260 g/mol. The van der Waals surface area contributed by atoms with Gasteiger partial charge in [0.1, 0.15) is 17.4 Å². The van der Waals surface area contributed by atoms with Crippen molar-refractivity contribution >= 4 is 11.0 Å². The molecule has 0 saturated heterocycles. The maximum Gasteiger partial charge on any atom is 0.134 e. The average molecular weight is 260 g/mol. The molecule has 0 bridgehead atoms. The molecule has 3 N–H and O–H groups in total. The maximum absolute atomic E-state index is 5.94. The van der Waals surface area contributed by atoms with Crippen LogP contribution in [0.2, 0.25) is 0 Å². The van der Waals surface area contributed by atoms with E-state index in [2.05, 4.69) is 11.5 Å². The lowest BCUT2D eigenvalue weighted by Crippen LogP contribution is -2.46. The molecule has 1 aromatic carbocycles. The minimum atomic E-state index is -0.247. The van der Waals surface area contributed by atoms with Crippen molar-refractivity contribution in [1.82, 2.24) is 5.43 Å². The highest BCUT2D eigenvalue weighted by atomic mass is 16.5. The Balaban J connectivity index is 2.01. The van der Waals surface area contributed by atoms with Crippen molar-refractivity contribution < 1.29 is 9.15 Å². The summed E-state index contributed by atoms with van der Waals surface area (Å²) in [6.45, 7) is 0. The highest BCUT2D eigenvalue weighted by molar-refractivity contribution is 5.77. The number of hydrogen-bond acceptors (Lipinski definition) is 4. The van der Waals surface area contributed by atoms with Crippen molar-refractivity contribution in [3.05, 3.63) is 36.1 Å². The molecule has 102 valence electrons. The second kappa shape index (κ2) is 4.96. The summed E-state index contributed by atoms with van der Waals surface area (Å²) in [5.74, 6) is 6.63. The Morgan fingerprint density at radius 1 is 1.32 bits per heavy atom. The minimum absolute atomic E-state index is 0.104. The van der Waals surface area contributed by atoms with E-state index < -0.39 is 0 Å². The molecule has 3 rings (SSSR count). The predicted octanol–water partition coefficient (Wildman–Crippen LogP) is 2.90. The number of hydrogen-bond donors (Lipinski definition) is 2. The number of para-hydroxylation sites is 1. The summed E-state index contributed by atoms with van der Waals surface area (Å²) in [5, 5.41) is 1.10. The third kappa shape index (κ3) is 2.06. The number of benzene rings is 1. The van der Waals surface area contributed by atoms with E-state index in [9.17, 15) is 0 Å². The largest absolute Gasteiger partial charge is 0.459 e. The fraction of sp³-hybridized carbons (Fsp3) is 0.467. The zero-order valence-electron chi connectivity index (χ0n) is 11.2. The molecule has 4 nitrogen and oxygen atoms in total. The second-order valence-corrected chi connectivity index (χ2v) is 5.26. The van der Waals surface area contributed by atoms with Gasteiger partial charge in [0.05, 0.1) is 5.60 Å². The van der Waals surface area contributed by atoms with Crippen LogP contribution in [0.3, 0.4) is 0 Å². The van der Waals surface area contributed by atoms with Crippen LogP contribution in [0.4, 0.5) is 0 Å². The molecule has 1 atom stereocenters. The number of hydrazine groups is 1. The average Bonchev–Trinajstić information content (AvgIpc) is 3.06. The Kier molecular flexibility index (Phi) is 3.31. The first-order valence-corrected chi connectivity index (χ1v) is 6.79. The number of rotatable bonds is 4. The van der Waals surface area contributed by atoms with Crippen LogP contribution in [0, 0.1) is 0 Å². The molecule has 1 unspecified atom stereocenters. The SMILES string of the molecule is COC1(C(NN)c2cc3ccccc3o2)CCCC1. The third-order valence-electron chi connectivity index (χ3n) is 4.28. The van der Waals surface area contributed by atoms with Gasteiger partial charge in [-0.2, -0.15) is 0 Å². The first-order valence-electron chi connectivity index (χ1n) is 6.79. The van der Waals surface area contributed by atoms with E-state index in [0.717, 1.165) is 29.6 Å². The van der Waals surface area contributed by atoms with Crippen LogP contribution in [0.25, 0.3) is 11.0 Å². The van der Waals surface area contributed by atoms with Gasteiger partial charge in [-0.05, 0) is 25.0 Å². The topological polar surface area (TPSA) is 60.4 Å². The molecule has 0 amide bonds. The molecule has 0 radical (unpaired) electrons.